The van der Waals surface area contributed by atoms with E-state index in [9.17, 15) is 0 Å². The van der Waals surface area contributed by atoms with E-state index in [1.165, 1.54) is 17.8 Å². The van der Waals surface area contributed by atoms with Gasteiger partial charge in [0.1, 0.15) is 0 Å². The molecule has 1 N–H and O–H groups in total. The number of nitrogens with zero attached hydrogens (tertiary/aromatic N) is 3. The van der Waals surface area contributed by atoms with Gasteiger partial charge in [-0.1, -0.05) is 13.8 Å². The SMILES string of the molecule is CCc1cc(CN2CC(C)NCC2(C)CC)n(CC)n1. The maximum atomic E-state index is 4.68. The molecule has 1 aromatic rings. The monoisotopic (exact) mass is 278 g/mol. The number of hydrogen-bond donors (Lipinski definition) is 1. The molecule has 0 spiro atoms. The molecule has 20 heavy (non-hydrogen) atoms. The van der Waals surface area contributed by atoms with Gasteiger partial charge in [-0.3, -0.25) is 9.58 Å². The predicted molar refractivity (Wildman–Crippen MR) is 83.8 cm³/mol. The molecule has 2 unspecified atom stereocenters. The summed E-state index contributed by atoms with van der Waals surface area (Å²) in [6.07, 6.45) is 2.19. The Morgan fingerprint density at radius 3 is 2.75 bits per heavy atom. The van der Waals surface area contributed by atoms with Gasteiger partial charge >= 0.3 is 0 Å². The fourth-order valence-corrected chi connectivity index (χ4v) is 3.01. The van der Waals surface area contributed by atoms with E-state index in [0.717, 1.165) is 32.6 Å². The fraction of sp³-hybridized carbons (Fsp3) is 0.812. The topological polar surface area (TPSA) is 33.1 Å². The van der Waals surface area contributed by atoms with Crippen molar-refractivity contribution in [2.24, 2.45) is 0 Å². The number of rotatable bonds is 5. The molecule has 1 aromatic heterocycles. The first-order chi connectivity index (χ1) is 9.52. The molecule has 1 aliphatic rings. The Labute approximate surface area is 123 Å². The highest BCUT2D eigenvalue weighted by Crippen LogP contribution is 2.25. The minimum absolute atomic E-state index is 0.252. The molecule has 0 saturated carbocycles. The molecular formula is C16H30N4. The van der Waals surface area contributed by atoms with Crippen molar-refractivity contribution >= 4 is 0 Å². The molecule has 2 heterocycles. The highest BCUT2D eigenvalue weighted by atomic mass is 15.3. The number of aryl methyl sites for hydroxylation is 2. The van der Waals surface area contributed by atoms with Gasteiger partial charge in [0.25, 0.3) is 0 Å². The van der Waals surface area contributed by atoms with Crippen LogP contribution in [-0.4, -0.2) is 39.4 Å². The molecule has 1 saturated heterocycles. The molecule has 114 valence electrons. The number of piperazine rings is 1. The summed E-state index contributed by atoms with van der Waals surface area (Å²) in [5, 5.41) is 8.30. The summed E-state index contributed by atoms with van der Waals surface area (Å²) in [7, 11) is 0. The van der Waals surface area contributed by atoms with Gasteiger partial charge in [0.15, 0.2) is 0 Å². The molecule has 2 rings (SSSR count). The van der Waals surface area contributed by atoms with E-state index in [1.807, 2.05) is 0 Å². The van der Waals surface area contributed by atoms with Crippen LogP contribution in [0.15, 0.2) is 6.07 Å². The van der Waals surface area contributed by atoms with Gasteiger partial charge in [-0.05, 0) is 39.7 Å². The number of nitrogens with one attached hydrogen (secondary N) is 1. The van der Waals surface area contributed by atoms with Gasteiger partial charge in [0.2, 0.25) is 0 Å². The Balaban J connectivity index is 2.19. The van der Waals surface area contributed by atoms with Crippen molar-refractivity contribution < 1.29 is 0 Å². The summed E-state index contributed by atoms with van der Waals surface area (Å²) < 4.78 is 2.17. The Morgan fingerprint density at radius 1 is 1.40 bits per heavy atom. The van der Waals surface area contributed by atoms with E-state index in [1.54, 1.807) is 0 Å². The van der Waals surface area contributed by atoms with E-state index in [0.29, 0.717) is 6.04 Å². The maximum absolute atomic E-state index is 4.68. The maximum Gasteiger partial charge on any atom is 0.0625 e. The Morgan fingerprint density at radius 2 is 2.15 bits per heavy atom. The molecule has 0 aromatic carbocycles. The van der Waals surface area contributed by atoms with Crippen molar-refractivity contribution in [3.05, 3.63) is 17.5 Å². The second kappa shape index (κ2) is 6.27. The standard InChI is InChI=1S/C16H30N4/c1-6-14-9-15(20(8-3)18-14)11-19-10-13(4)17-12-16(19,5)7-2/h9,13,17H,6-8,10-12H2,1-5H3. The predicted octanol–water partition coefficient (Wildman–Crippen LogP) is 2.43. The third-order valence-corrected chi connectivity index (χ3v) is 4.78. The Bertz CT molecular complexity index is 440. The fourth-order valence-electron chi connectivity index (χ4n) is 3.01. The molecule has 1 fully saturated rings. The van der Waals surface area contributed by atoms with E-state index in [4.69, 9.17) is 0 Å². The van der Waals surface area contributed by atoms with Crippen LogP contribution in [0.1, 0.15) is 52.4 Å². The zero-order valence-electron chi connectivity index (χ0n) is 13.7. The summed E-state index contributed by atoms with van der Waals surface area (Å²) in [4.78, 5) is 2.64. The largest absolute Gasteiger partial charge is 0.311 e. The van der Waals surface area contributed by atoms with Crippen LogP contribution in [0, 0.1) is 0 Å². The minimum atomic E-state index is 0.252. The normalized spacial score (nSPS) is 27.9. The lowest BCUT2D eigenvalue weighted by molar-refractivity contribution is 0.0430. The van der Waals surface area contributed by atoms with Crippen molar-refractivity contribution in [3.63, 3.8) is 0 Å². The van der Waals surface area contributed by atoms with E-state index in [-0.39, 0.29) is 5.54 Å². The van der Waals surface area contributed by atoms with Gasteiger partial charge in [-0.25, -0.2) is 0 Å². The van der Waals surface area contributed by atoms with E-state index in [2.05, 4.69) is 60.7 Å². The van der Waals surface area contributed by atoms with Crippen molar-refractivity contribution in [2.45, 2.75) is 72.1 Å². The van der Waals surface area contributed by atoms with Crippen molar-refractivity contribution in [3.8, 4) is 0 Å². The summed E-state index contributed by atoms with van der Waals surface area (Å²) in [6.45, 7) is 15.4. The van der Waals surface area contributed by atoms with Crippen LogP contribution in [0.5, 0.6) is 0 Å². The number of hydrogen-bond acceptors (Lipinski definition) is 3. The highest BCUT2D eigenvalue weighted by Gasteiger charge is 2.35. The van der Waals surface area contributed by atoms with E-state index < -0.39 is 0 Å². The quantitative estimate of drug-likeness (QED) is 0.898. The second-order valence-corrected chi connectivity index (χ2v) is 6.31. The zero-order chi connectivity index (χ0) is 14.8. The third kappa shape index (κ3) is 3.07. The lowest BCUT2D eigenvalue weighted by Gasteiger charge is -2.47. The molecule has 0 bridgehead atoms. The van der Waals surface area contributed by atoms with Gasteiger partial charge in [-0.15, -0.1) is 0 Å². The highest BCUT2D eigenvalue weighted by molar-refractivity contribution is 5.12. The Hall–Kier alpha value is -0.870. The van der Waals surface area contributed by atoms with Crippen LogP contribution in [0.2, 0.25) is 0 Å². The van der Waals surface area contributed by atoms with Crippen molar-refractivity contribution in [1.29, 1.82) is 0 Å². The summed E-state index contributed by atoms with van der Waals surface area (Å²) >= 11 is 0. The van der Waals surface area contributed by atoms with Crippen molar-refractivity contribution in [2.75, 3.05) is 13.1 Å². The molecule has 1 aliphatic heterocycles. The van der Waals surface area contributed by atoms with Gasteiger partial charge in [0.05, 0.1) is 11.4 Å². The molecule has 0 radical (unpaired) electrons. The first kappa shape index (κ1) is 15.5. The zero-order valence-corrected chi connectivity index (χ0v) is 13.7. The smallest absolute Gasteiger partial charge is 0.0625 e. The molecule has 4 nitrogen and oxygen atoms in total. The van der Waals surface area contributed by atoms with Crippen LogP contribution in [0.4, 0.5) is 0 Å². The summed E-state index contributed by atoms with van der Waals surface area (Å²) in [6, 6.07) is 2.85. The second-order valence-electron chi connectivity index (χ2n) is 6.31. The third-order valence-electron chi connectivity index (χ3n) is 4.78. The lowest BCUT2D eigenvalue weighted by Crippen LogP contribution is -2.62. The molecule has 0 aliphatic carbocycles. The van der Waals surface area contributed by atoms with Crippen LogP contribution in [0.3, 0.4) is 0 Å². The van der Waals surface area contributed by atoms with Crippen LogP contribution in [-0.2, 0) is 19.5 Å². The summed E-state index contributed by atoms with van der Waals surface area (Å²) in [5.41, 5.74) is 2.82. The first-order valence-electron chi connectivity index (χ1n) is 8.06. The Kier molecular flexibility index (Phi) is 4.86. The van der Waals surface area contributed by atoms with Gasteiger partial charge < -0.3 is 5.32 Å². The van der Waals surface area contributed by atoms with Gasteiger partial charge in [0, 0.05) is 37.8 Å². The van der Waals surface area contributed by atoms with Crippen LogP contribution in [0.25, 0.3) is 0 Å². The molecule has 2 atom stereocenters. The molecular weight excluding hydrogens is 248 g/mol. The summed E-state index contributed by atoms with van der Waals surface area (Å²) in [5.74, 6) is 0. The lowest BCUT2D eigenvalue weighted by atomic mass is 9.92. The van der Waals surface area contributed by atoms with E-state index >= 15 is 0 Å². The average Bonchev–Trinajstić information content (AvgIpc) is 2.85. The van der Waals surface area contributed by atoms with Crippen molar-refractivity contribution in [1.82, 2.24) is 20.0 Å². The van der Waals surface area contributed by atoms with Crippen LogP contribution >= 0.6 is 0 Å². The molecule has 4 heteroatoms. The number of aromatic nitrogens is 2. The van der Waals surface area contributed by atoms with Gasteiger partial charge in [-0.2, -0.15) is 5.10 Å². The minimum Gasteiger partial charge on any atom is -0.311 e. The van der Waals surface area contributed by atoms with Crippen LogP contribution < -0.4 is 5.32 Å². The average molecular weight is 278 g/mol. The molecule has 0 amide bonds. The first-order valence-corrected chi connectivity index (χ1v) is 8.06.